The molecule has 0 aliphatic carbocycles. The van der Waals surface area contributed by atoms with Gasteiger partial charge in [-0.15, -0.1) is 0 Å². The van der Waals surface area contributed by atoms with E-state index in [2.05, 4.69) is 48.5 Å². The standard InChI is InChI=1S/C14H24N2O/c1-12-5-7-13(8-6-12)14(15-2)11-16(3)9-10-17-4/h5-8,14-15H,9-11H2,1-4H3. The SMILES string of the molecule is CNC(CN(C)CCOC)c1ccc(C)cc1. The number of methoxy groups -OCH3 is 1. The van der Waals surface area contributed by atoms with Crippen LogP contribution in [-0.4, -0.2) is 45.8 Å². The number of aryl methyl sites for hydroxylation is 1. The number of likely N-dealkylation sites (N-methyl/N-ethyl adjacent to an activating group) is 2. The minimum absolute atomic E-state index is 0.373. The van der Waals surface area contributed by atoms with Crippen molar-refractivity contribution in [1.82, 2.24) is 10.2 Å². The van der Waals surface area contributed by atoms with Crippen molar-refractivity contribution in [2.24, 2.45) is 0 Å². The molecule has 0 spiro atoms. The second-order valence-electron chi connectivity index (χ2n) is 4.51. The molecule has 0 amide bonds. The first-order valence-corrected chi connectivity index (χ1v) is 6.08. The predicted octanol–water partition coefficient (Wildman–Crippen LogP) is 1.83. The van der Waals surface area contributed by atoms with E-state index in [1.165, 1.54) is 11.1 Å². The minimum Gasteiger partial charge on any atom is -0.383 e. The van der Waals surface area contributed by atoms with E-state index in [4.69, 9.17) is 4.74 Å². The molecule has 1 atom stereocenters. The van der Waals surface area contributed by atoms with Gasteiger partial charge in [0.2, 0.25) is 0 Å². The zero-order valence-electron chi connectivity index (χ0n) is 11.4. The number of hydrogen-bond acceptors (Lipinski definition) is 3. The number of benzene rings is 1. The van der Waals surface area contributed by atoms with Gasteiger partial charge in [-0.05, 0) is 26.6 Å². The van der Waals surface area contributed by atoms with Gasteiger partial charge in [0.1, 0.15) is 0 Å². The van der Waals surface area contributed by atoms with Crippen LogP contribution >= 0.6 is 0 Å². The van der Waals surface area contributed by atoms with Crippen LogP contribution < -0.4 is 5.32 Å². The summed E-state index contributed by atoms with van der Waals surface area (Å²) < 4.78 is 5.09. The lowest BCUT2D eigenvalue weighted by Gasteiger charge is -2.24. The van der Waals surface area contributed by atoms with E-state index in [0.29, 0.717) is 6.04 Å². The van der Waals surface area contributed by atoms with Gasteiger partial charge in [0.25, 0.3) is 0 Å². The molecule has 3 heteroatoms. The molecular formula is C14H24N2O. The van der Waals surface area contributed by atoms with Gasteiger partial charge in [-0.25, -0.2) is 0 Å². The third kappa shape index (κ3) is 4.86. The summed E-state index contributed by atoms with van der Waals surface area (Å²) in [5.41, 5.74) is 2.64. The van der Waals surface area contributed by atoms with Gasteiger partial charge in [-0.1, -0.05) is 29.8 Å². The number of ether oxygens (including phenoxy) is 1. The summed E-state index contributed by atoms with van der Waals surface area (Å²) in [7, 11) is 5.87. The topological polar surface area (TPSA) is 24.5 Å². The van der Waals surface area contributed by atoms with Crippen molar-refractivity contribution in [3.05, 3.63) is 35.4 Å². The number of hydrogen-bond donors (Lipinski definition) is 1. The molecule has 0 saturated carbocycles. The van der Waals surface area contributed by atoms with Crippen LogP contribution in [0.3, 0.4) is 0 Å². The van der Waals surface area contributed by atoms with Crippen LogP contribution in [0.1, 0.15) is 17.2 Å². The molecule has 1 aromatic carbocycles. The van der Waals surface area contributed by atoms with Gasteiger partial charge in [0, 0.05) is 26.2 Å². The molecule has 0 aliphatic heterocycles. The normalized spacial score (nSPS) is 13.0. The maximum atomic E-state index is 5.09. The van der Waals surface area contributed by atoms with Crippen molar-refractivity contribution in [3.63, 3.8) is 0 Å². The Morgan fingerprint density at radius 3 is 2.47 bits per heavy atom. The predicted molar refractivity (Wildman–Crippen MR) is 72.4 cm³/mol. The van der Waals surface area contributed by atoms with Crippen LogP contribution in [0.25, 0.3) is 0 Å². The van der Waals surface area contributed by atoms with Crippen molar-refractivity contribution in [3.8, 4) is 0 Å². The van der Waals surface area contributed by atoms with E-state index < -0.39 is 0 Å². The summed E-state index contributed by atoms with van der Waals surface area (Å²) in [4.78, 5) is 2.28. The molecule has 1 N–H and O–H groups in total. The number of nitrogens with zero attached hydrogens (tertiary/aromatic N) is 1. The van der Waals surface area contributed by atoms with Crippen LogP contribution in [0, 0.1) is 6.92 Å². The van der Waals surface area contributed by atoms with Crippen LogP contribution in [0.5, 0.6) is 0 Å². The van der Waals surface area contributed by atoms with Crippen LogP contribution in [0.4, 0.5) is 0 Å². The Bertz CT molecular complexity index is 311. The minimum atomic E-state index is 0.373. The van der Waals surface area contributed by atoms with E-state index in [-0.39, 0.29) is 0 Å². The van der Waals surface area contributed by atoms with Gasteiger partial charge in [0.15, 0.2) is 0 Å². The Morgan fingerprint density at radius 2 is 1.94 bits per heavy atom. The third-order valence-electron chi connectivity index (χ3n) is 3.00. The maximum absolute atomic E-state index is 5.09. The summed E-state index contributed by atoms with van der Waals surface area (Å²) in [6.45, 7) is 4.84. The first-order valence-electron chi connectivity index (χ1n) is 6.08. The van der Waals surface area contributed by atoms with Crippen molar-refractivity contribution in [2.45, 2.75) is 13.0 Å². The summed E-state index contributed by atoms with van der Waals surface area (Å²) in [5.74, 6) is 0. The molecule has 1 unspecified atom stereocenters. The Morgan fingerprint density at radius 1 is 1.29 bits per heavy atom. The molecule has 0 aliphatic rings. The molecule has 1 aromatic rings. The zero-order valence-corrected chi connectivity index (χ0v) is 11.4. The summed E-state index contributed by atoms with van der Waals surface area (Å²) in [6.07, 6.45) is 0. The van der Waals surface area contributed by atoms with E-state index in [1.807, 2.05) is 7.05 Å². The lowest BCUT2D eigenvalue weighted by atomic mass is 10.0. The zero-order chi connectivity index (χ0) is 12.7. The highest BCUT2D eigenvalue weighted by Gasteiger charge is 2.11. The summed E-state index contributed by atoms with van der Waals surface area (Å²) >= 11 is 0. The quantitative estimate of drug-likeness (QED) is 0.782. The molecule has 96 valence electrons. The molecule has 0 aromatic heterocycles. The van der Waals surface area contributed by atoms with Crippen molar-refractivity contribution < 1.29 is 4.74 Å². The van der Waals surface area contributed by atoms with Crippen LogP contribution in [0.15, 0.2) is 24.3 Å². The molecule has 3 nitrogen and oxygen atoms in total. The largest absolute Gasteiger partial charge is 0.383 e. The Kier molecular flexibility index (Phi) is 6.19. The highest BCUT2D eigenvalue weighted by atomic mass is 16.5. The van der Waals surface area contributed by atoms with Crippen molar-refractivity contribution >= 4 is 0 Å². The summed E-state index contributed by atoms with van der Waals surface area (Å²) in [5, 5.41) is 3.36. The molecule has 0 fully saturated rings. The van der Waals surface area contributed by atoms with Gasteiger partial charge in [-0.3, -0.25) is 0 Å². The maximum Gasteiger partial charge on any atom is 0.0589 e. The molecule has 0 heterocycles. The van der Waals surface area contributed by atoms with Crippen LogP contribution in [-0.2, 0) is 4.74 Å². The lowest BCUT2D eigenvalue weighted by Crippen LogP contribution is -2.33. The molecule has 0 bridgehead atoms. The van der Waals surface area contributed by atoms with Gasteiger partial charge in [-0.2, -0.15) is 0 Å². The Balaban J connectivity index is 2.56. The van der Waals surface area contributed by atoms with E-state index >= 15 is 0 Å². The molecule has 0 radical (unpaired) electrons. The smallest absolute Gasteiger partial charge is 0.0589 e. The van der Waals surface area contributed by atoms with Crippen molar-refractivity contribution in [2.75, 3.05) is 40.9 Å². The van der Waals surface area contributed by atoms with Gasteiger partial charge in [0.05, 0.1) is 6.61 Å². The highest BCUT2D eigenvalue weighted by molar-refractivity contribution is 5.24. The number of nitrogens with one attached hydrogen (secondary N) is 1. The summed E-state index contributed by atoms with van der Waals surface area (Å²) in [6, 6.07) is 9.09. The fourth-order valence-corrected chi connectivity index (χ4v) is 1.81. The van der Waals surface area contributed by atoms with Gasteiger partial charge < -0.3 is 15.0 Å². The second kappa shape index (κ2) is 7.43. The third-order valence-corrected chi connectivity index (χ3v) is 3.00. The average molecular weight is 236 g/mol. The first kappa shape index (κ1) is 14.2. The van der Waals surface area contributed by atoms with E-state index in [0.717, 1.165) is 19.7 Å². The Hall–Kier alpha value is -0.900. The van der Waals surface area contributed by atoms with Crippen molar-refractivity contribution in [1.29, 1.82) is 0 Å². The molecule has 1 rings (SSSR count). The fourth-order valence-electron chi connectivity index (χ4n) is 1.81. The van der Waals surface area contributed by atoms with Gasteiger partial charge >= 0.3 is 0 Å². The molecule has 0 saturated heterocycles. The second-order valence-corrected chi connectivity index (χ2v) is 4.51. The number of rotatable bonds is 7. The Labute approximate surface area is 105 Å². The van der Waals surface area contributed by atoms with E-state index in [1.54, 1.807) is 7.11 Å². The first-order chi connectivity index (χ1) is 8.17. The highest BCUT2D eigenvalue weighted by Crippen LogP contribution is 2.14. The molecular weight excluding hydrogens is 212 g/mol. The monoisotopic (exact) mass is 236 g/mol. The van der Waals surface area contributed by atoms with E-state index in [9.17, 15) is 0 Å². The van der Waals surface area contributed by atoms with Crippen LogP contribution in [0.2, 0.25) is 0 Å². The lowest BCUT2D eigenvalue weighted by molar-refractivity contribution is 0.156. The fraction of sp³-hybridized carbons (Fsp3) is 0.571. The average Bonchev–Trinajstić information content (AvgIpc) is 2.34. The molecule has 17 heavy (non-hydrogen) atoms.